The third-order valence-electron chi connectivity index (χ3n) is 7.76. The van der Waals surface area contributed by atoms with Gasteiger partial charge in [-0.25, -0.2) is 8.78 Å². The van der Waals surface area contributed by atoms with Gasteiger partial charge in [0, 0.05) is 17.7 Å². The summed E-state index contributed by atoms with van der Waals surface area (Å²) < 4.78 is 33.8. The van der Waals surface area contributed by atoms with Crippen LogP contribution in [0.2, 0.25) is 5.02 Å². The maximum atomic E-state index is 14.3. The topological polar surface area (TPSA) is 79.4 Å². The lowest BCUT2D eigenvalue weighted by molar-refractivity contribution is -0.118. The molecule has 0 aromatic heterocycles. The zero-order valence-electron chi connectivity index (χ0n) is 23.3. The first-order valence-electron chi connectivity index (χ1n) is 13.3. The average Bonchev–Trinajstić information content (AvgIpc) is 2.88. The maximum Gasteiger partial charge on any atom is 0.162 e. The highest BCUT2D eigenvalue weighted by molar-refractivity contribution is 6.32. The molecule has 8 heteroatoms. The second-order valence-electron chi connectivity index (χ2n) is 11.5. The number of rotatable bonds is 5. The number of nitrogens with two attached hydrogens (primary N) is 1. The number of hydrogen-bond acceptors (Lipinski definition) is 5. The van der Waals surface area contributed by atoms with Crippen LogP contribution in [0.3, 0.4) is 0 Å². The molecule has 210 valence electrons. The minimum atomic E-state index is -0.697. The molecular weight excluding hydrogens is 544 g/mol. The number of halogens is 3. The summed E-state index contributed by atoms with van der Waals surface area (Å²) in [4.78, 5) is 15.5. The number of ketones is 1. The molecule has 1 heterocycles. The van der Waals surface area contributed by atoms with E-state index in [0.29, 0.717) is 35.5 Å². The third-order valence-corrected chi connectivity index (χ3v) is 8.06. The Morgan fingerprint density at radius 3 is 2.49 bits per heavy atom. The van der Waals surface area contributed by atoms with Crippen molar-refractivity contribution in [1.29, 1.82) is 5.26 Å². The number of nitriles is 1. The minimum Gasteiger partial charge on any atom is -0.487 e. The van der Waals surface area contributed by atoms with Crippen LogP contribution in [0.1, 0.15) is 54.9 Å². The molecule has 1 aliphatic carbocycles. The van der Waals surface area contributed by atoms with Crippen LogP contribution in [0.25, 0.3) is 0 Å². The van der Waals surface area contributed by atoms with Crippen LogP contribution >= 0.6 is 11.6 Å². The lowest BCUT2D eigenvalue weighted by Crippen LogP contribution is -2.42. The van der Waals surface area contributed by atoms with Crippen LogP contribution in [0.15, 0.2) is 77.3 Å². The van der Waals surface area contributed by atoms with E-state index in [0.717, 1.165) is 22.3 Å². The molecule has 41 heavy (non-hydrogen) atoms. The third kappa shape index (κ3) is 5.32. The molecular formula is C33H30ClF2N3O2. The number of carbonyl (C=O) groups is 1. The summed E-state index contributed by atoms with van der Waals surface area (Å²) in [7, 11) is 0. The Morgan fingerprint density at radius 1 is 1.07 bits per heavy atom. The Hall–Kier alpha value is -4.15. The number of allylic oxidation sites excluding steroid dienone is 3. The van der Waals surface area contributed by atoms with E-state index in [-0.39, 0.29) is 34.2 Å². The van der Waals surface area contributed by atoms with Gasteiger partial charge in [0.25, 0.3) is 0 Å². The largest absolute Gasteiger partial charge is 0.487 e. The molecule has 0 saturated heterocycles. The van der Waals surface area contributed by atoms with Crippen LogP contribution in [-0.4, -0.2) is 5.78 Å². The van der Waals surface area contributed by atoms with Crippen LogP contribution in [-0.2, 0) is 11.4 Å². The van der Waals surface area contributed by atoms with E-state index in [1.165, 1.54) is 30.3 Å². The first-order valence-corrected chi connectivity index (χ1v) is 13.7. The highest BCUT2D eigenvalue weighted by atomic mass is 35.5. The molecule has 1 atom stereocenters. The van der Waals surface area contributed by atoms with Crippen molar-refractivity contribution in [1.82, 2.24) is 0 Å². The van der Waals surface area contributed by atoms with Gasteiger partial charge in [-0.1, -0.05) is 43.6 Å². The fourth-order valence-electron chi connectivity index (χ4n) is 5.86. The number of ether oxygens (including phenoxy) is 1. The Bertz CT molecular complexity index is 1690. The average molecular weight is 574 g/mol. The van der Waals surface area contributed by atoms with Gasteiger partial charge in [-0.3, -0.25) is 9.69 Å². The standard InChI is InChI=1S/C33H30ClF2N3O2/c1-18-10-19(2)24(11-20(18)17-41-29-9-8-22(36)13-26(29)34)30-25(16-37)32(38)39(23-7-5-6-21(35)12-23)27-14-33(3,4)15-28(40)31(27)30/h5-13,30H,14-15,17,38H2,1-4H3. The van der Waals surface area contributed by atoms with Crippen molar-refractivity contribution >= 4 is 23.1 Å². The predicted octanol–water partition coefficient (Wildman–Crippen LogP) is 7.75. The van der Waals surface area contributed by atoms with Crippen LogP contribution in [0, 0.1) is 42.2 Å². The van der Waals surface area contributed by atoms with Gasteiger partial charge < -0.3 is 10.5 Å². The van der Waals surface area contributed by atoms with Crippen molar-refractivity contribution in [2.75, 3.05) is 4.90 Å². The fourth-order valence-corrected chi connectivity index (χ4v) is 6.08. The van der Waals surface area contributed by atoms with E-state index in [9.17, 15) is 18.8 Å². The molecule has 3 aromatic rings. The SMILES string of the molecule is Cc1cc(C)c(C2C(C#N)=C(N)N(c3cccc(F)c3)C3=C2C(=O)CC(C)(C)C3)cc1COc1ccc(F)cc1Cl. The molecule has 0 fully saturated rings. The quantitative estimate of drug-likeness (QED) is 0.337. The van der Waals surface area contributed by atoms with Crippen molar-refractivity contribution < 1.29 is 18.3 Å². The lowest BCUT2D eigenvalue weighted by Gasteiger charge is -2.44. The maximum absolute atomic E-state index is 14.3. The van der Waals surface area contributed by atoms with Gasteiger partial charge in [0.2, 0.25) is 0 Å². The molecule has 5 nitrogen and oxygen atoms in total. The first-order chi connectivity index (χ1) is 19.4. The molecule has 1 unspecified atom stereocenters. The summed E-state index contributed by atoms with van der Waals surface area (Å²) in [5.41, 5.74) is 11.6. The number of benzene rings is 3. The molecule has 0 amide bonds. The van der Waals surface area contributed by atoms with Crippen molar-refractivity contribution in [3.05, 3.63) is 116 Å². The summed E-state index contributed by atoms with van der Waals surface area (Å²) in [6, 6.07) is 16.1. The summed E-state index contributed by atoms with van der Waals surface area (Å²) in [6.45, 7) is 8.05. The zero-order valence-corrected chi connectivity index (χ0v) is 24.1. The molecule has 0 spiro atoms. The zero-order chi connectivity index (χ0) is 29.6. The fraction of sp³-hybridized carbons (Fsp3) is 0.273. The molecule has 2 aliphatic rings. The van der Waals surface area contributed by atoms with Gasteiger partial charge in [-0.05, 0) is 84.3 Å². The predicted molar refractivity (Wildman–Crippen MR) is 155 cm³/mol. The van der Waals surface area contributed by atoms with Gasteiger partial charge in [0.1, 0.15) is 29.8 Å². The van der Waals surface area contributed by atoms with Crippen molar-refractivity contribution in [3.63, 3.8) is 0 Å². The summed E-state index contributed by atoms with van der Waals surface area (Å²) >= 11 is 6.16. The Morgan fingerprint density at radius 2 is 1.80 bits per heavy atom. The van der Waals surface area contributed by atoms with Crippen LogP contribution in [0.4, 0.5) is 14.5 Å². The van der Waals surface area contributed by atoms with Gasteiger partial charge in [0.05, 0.1) is 28.3 Å². The molecule has 0 radical (unpaired) electrons. The van der Waals surface area contributed by atoms with Crippen LogP contribution < -0.4 is 15.4 Å². The molecule has 0 bridgehead atoms. The molecule has 1 aliphatic heterocycles. The van der Waals surface area contributed by atoms with E-state index in [1.54, 1.807) is 17.0 Å². The Kier molecular flexibility index (Phi) is 7.39. The Balaban J connectivity index is 1.66. The number of Topliss-reactive ketones (excluding diaryl/α,β-unsaturated/α-hetero) is 1. The summed E-state index contributed by atoms with van der Waals surface area (Å²) in [6.07, 6.45) is 0.826. The first kappa shape index (κ1) is 28.4. The number of anilines is 1. The van der Waals surface area contributed by atoms with E-state index < -0.39 is 17.6 Å². The normalized spacial score (nSPS) is 18.3. The highest BCUT2D eigenvalue weighted by Gasteiger charge is 2.45. The second-order valence-corrected chi connectivity index (χ2v) is 11.9. The van der Waals surface area contributed by atoms with Crippen molar-refractivity contribution in [2.24, 2.45) is 11.1 Å². The van der Waals surface area contributed by atoms with Gasteiger partial charge in [0.15, 0.2) is 5.78 Å². The number of nitrogens with zero attached hydrogens (tertiary/aromatic N) is 2. The van der Waals surface area contributed by atoms with E-state index >= 15 is 0 Å². The summed E-state index contributed by atoms with van der Waals surface area (Å²) in [5.74, 6) is -1.16. The molecule has 2 N–H and O–H groups in total. The smallest absolute Gasteiger partial charge is 0.162 e. The molecule has 0 saturated carbocycles. The van der Waals surface area contributed by atoms with E-state index in [2.05, 4.69) is 6.07 Å². The van der Waals surface area contributed by atoms with Crippen molar-refractivity contribution in [2.45, 2.75) is 53.1 Å². The molecule has 3 aromatic carbocycles. The minimum absolute atomic E-state index is 0.0706. The van der Waals surface area contributed by atoms with Crippen molar-refractivity contribution in [3.8, 4) is 11.8 Å². The summed E-state index contributed by atoms with van der Waals surface area (Å²) in [5, 5.41) is 10.6. The number of carbonyl (C=O) groups excluding carboxylic acids is 1. The van der Waals surface area contributed by atoms with Crippen LogP contribution in [0.5, 0.6) is 5.75 Å². The molecule has 5 rings (SSSR count). The van der Waals surface area contributed by atoms with Gasteiger partial charge >= 0.3 is 0 Å². The second kappa shape index (κ2) is 10.7. The van der Waals surface area contributed by atoms with Gasteiger partial charge in [-0.15, -0.1) is 0 Å². The Labute approximate surface area is 243 Å². The number of hydrogen-bond donors (Lipinski definition) is 1. The lowest BCUT2D eigenvalue weighted by atomic mass is 9.68. The van der Waals surface area contributed by atoms with Gasteiger partial charge in [-0.2, -0.15) is 5.26 Å². The van der Waals surface area contributed by atoms with E-state index in [4.69, 9.17) is 22.1 Å². The monoisotopic (exact) mass is 573 g/mol. The number of aryl methyl sites for hydroxylation is 2. The highest BCUT2D eigenvalue weighted by Crippen LogP contribution is 2.51. The van der Waals surface area contributed by atoms with E-state index in [1.807, 2.05) is 39.8 Å².